The minimum absolute atomic E-state index is 0. The third kappa shape index (κ3) is 4.68. The standard InChI is InChI=1S/C26H18N4O3S.Pt/c31-34(32,33)23-9-1-16(2-10-23)26-24-11-7-21(29-24)14-19-5-3-17(27-19)13-18-4-6-20(28-18)15-22-8-12-25(26)30-22;/h1-15,27,30H,(H,31,32,33);/q;+1/p-1. The molecule has 4 aromatic rings. The molecule has 2 aliphatic heterocycles. The third-order valence-corrected chi connectivity index (χ3v) is 6.50. The van der Waals surface area contributed by atoms with Gasteiger partial charge in [0.25, 0.3) is 0 Å². The summed E-state index contributed by atoms with van der Waals surface area (Å²) in [6.45, 7) is 0. The largest absolute Gasteiger partial charge is 1.00 e. The van der Waals surface area contributed by atoms with E-state index in [9.17, 15) is 13.0 Å². The zero-order valence-electron chi connectivity index (χ0n) is 18.0. The summed E-state index contributed by atoms with van der Waals surface area (Å²) in [6.07, 6.45) is 7.76. The average molecular weight is 661 g/mol. The third-order valence-electron chi connectivity index (χ3n) is 5.65. The quantitative estimate of drug-likeness (QED) is 0.247. The van der Waals surface area contributed by atoms with Crippen LogP contribution in [0.1, 0.15) is 22.8 Å². The fourth-order valence-corrected chi connectivity index (χ4v) is 4.57. The summed E-state index contributed by atoms with van der Waals surface area (Å²) in [5.74, 6) is 0. The number of aromatic amines is 2. The predicted octanol–water partition coefficient (Wildman–Crippen LogP) is 5.22. The van der Waals surface area contributed by atoms with E-state index in [2.05, 4.69) is 15.0 Å². The number of hydrogen-bond donors (Lipinski definition) is 2. The molecule has 0 spiro atoms. The monoisotopic (exact) mass is 660 g/mol. The van der Waals surface area contributed by atoms with Gasteiger partial charge in [0.2, 0.25) is 0 Å². The summed E-state index contributed by atoms with van der Waals surface area (Å²) in [6, 6.07) is 19.7. The molecule has 0 aliphatic carbocycles. The van der Waals surface area contributed by atoms with E-state index in [1.54, 1.807) is 12.1 Å². The predicted molar refractivity (Wildman–Crippen MR) is 132 cm³/mol. The number of benzene rings is 1. The van der Waals surface area contributed by atoms with Crippen LogP contribution in [0.4, 0.5) is 0 Å². The minimum Gasteiger partial charge on any atom is -0.744 e. The number of rotatable bonds is 2. The Hall–Kier alpha value is -3.58. The fourth-order valence-electron chi connectivity index (χ4n) is 4.10. The Kier molecular flexibility index (Phi) is 5.89. The van der Waals surface area contributed by atoms with Gasteiger partial charge in [-0.1, -0.05) is 12.1 Å². The summed E-state index contributed by atoms with van der Waals surface area (Å²) in [5.41, 5.74) is 8.22. The summed E-state index contributed by atoms with van der Waals surface area (Å²) < 4.78 is 34.2. The molecule has 9 heteroatoms. The van der Waals surface area contributed by atoms with Gasteiger partial charge in [-0.15, -0.1) is 0 Å². The van der Waals surface area contributed by atoms with Gasteiger partial charge in [0, 0.05) is 27.6 Å². The van der Waals surface area contributed by atoms with Crippen molar-refractivity contribution in [2.24, 2.45) is 0 Å². The number of nitrogens with one attached hydrogen (secondary N) is 2. The molecule has 8 bridgehead atoms. The van der Waals surface area contributed by atoms with Gasteiger partial charge in [-0.05, 0) is 84.5 Å². The van der Waals surface area contributed by atoms with Crippen molar-refractivity contribution in [3.05, 3.63) is 89.5 Å². The van der Waals surface area contributed by atoms with Gasteiger partial charge in [0.05, 0.1) is 27.7 Å². The van der Waals surface area contributed by atoms with Gasteiger partial charge in [0.15, 0.2) is 0 Å². The summed E-state index contributed by atoms with van der Waals surface area (Å²) in [5, 5.41) is 0. The maximum Gasteiger partial charge on any atom is 1.00 e. The Balaban J connectivity index is 0.00000253. The molecule has 5 heterocycles. The SMILES string of the molecule is O=S(=O)([O-])c1ccc(-c2c3nc(cc4ccc(cc5nc(cc6ccc2[nH]6)C=C5)[nH]4)C=C3)cc1.[Pt+]. The van der Waals surface area contributed by atoms with Crippen molar-refractivity contribution in [1.82, 2.24) is 19.9 Å². The average Bonchev–Trinajstić information content (AvgIpc) is 3.59. The molecule has 2 aliphatic rings. The smallest absolute Gasteiger partial charge is 0.744 e. The van der Waals surface area contributed by atoms with Crippen LogP contribution < -0.4 is 0 Å². The molecule has 35 heavy (non-hydrogen) atoms. The molecule has 0 amide bonds. The second-order valence-electron chi connectivity index (χ2n) is 8.03. The van der Waals surface area contributed by atoms with E-state index in [0.717, 1.165) is 56.0 Å². The van der Waals surface area contributed by atoms with Crippen LogP contribution in [-0.4, -0.2) is 32.9 Å². The van der Waals surface area contributed by atoms with Crippen molar-refractivity contribution < 1.29 is 34.0 Å². The number of nitrogens with zero attached hydrogens (tertiary/aromatic N) is 2. The van der Waals surface area contributed by atoms with E-state index in [1.807, 2.05) is 66.8 Å². The number of H-pyrrole nitrogens is 2. The molecular formula is C26H17N4O3PtS. The molecule has 2 N–H and O–H groups in total. The second kappa shape index (κ2) is 8.89. The van der Waals surface area contributed by atoms with Gasteiger partial charge in [-0.3, -0.25) is 0 Å². The number of hydrogen-bond acceptors (Lipinski definition) is 5. The molecule has 1 aromatic carbocycles. The van der Waals surface area contributed by atoms with Crippen molar-refractivity contribution in [3.63, 3.8) is 0 Å². The minimum atomic E-state index is -4.53. The first-order chi connectivity index (χ1) is 16.4. The van der Waals surface area contributed by atoms with Crippen LogP contribution in [0.2, 0.25) is 0 Å². The molecule has 6 rings (SSSR count). The number of aromatic nitrogens is 4. The van der Waals surface area contributed by atoms with E-state index in [1.165, 1.54) is 12.1 Å². The van der Waals surface area contributed by atoms with Crippen LogP contribution >= 0.6 is 0 Å². The summed E-state index contributed by atoms with van der Waals surface area (Å²) in [7, 11) is -4.53. The van der Waals surface area contributed by atoms with Gasteiger partial charge in [0.1, 0.15) is 10.1 Å². The van der Waals surface area contributed by atoms with Crippen molar-refractivity contribution >= 4 is 56.5 Å². The first kappa shape index (κ1) is 23.2. The molecule has 175 valence electrons. The molecule has 0 saturated heterocycles. The molecule has 7 nitrogen and oxygen atoms in total. The molecule has 3 aromatic heterocycles. The Bertz CT molecular complexity index is 1780. The number of fused-ring (bicyclic) bond motifs is 8. The van der Waals surface area contributed by atoms with Gasteiger partial charge in [-0.25, -0.2) is 18.4 Å². The van der Waals surface area contributed by atoms with Crippen molar-refractivity contribution in [2.45, 2.75) is 4.90 Å². The van der Waals surface area contributed by atoms with Gasteiger partial charge < -0.3 is 14.5 Å². The van der Waals surface area contributed by atoms with E-state index < -0.39 is 10.1 Å². The Morgan fingerprint density at radius 3 is 1.83 bits per heavy atom. The molecular weight excluding hydrogens is 643 g/mol. The Morgan fingerprint density at radius 2 is 1.20 bits per heavy atom. The van der Waals surface area contributed by atoms with Crippen LogP contribution in [0, 0.1) is 0 Å². The summed E-state index contributed by atoms with van der Waals surface area (Å²) in [4.78, 5) is 16.0. The maximum atomic E-state index is 11.4. The van der Waals surface area contributed by atoms with Crippen LogP contribution in [0.5, 0.6) is 0 Å². The Morgan fingerprint density at radius 1 is 0.657 bits per heavy atom. The van der Waals surface area contributed by atoms with E-state index in [4.69, 9.17) is 4.98 Å². The fraction of sp³-hybridized carbons (Fsp3) is 0. The molecule has 0 atom stereocenters. The molecule has 0 fully saturated rings. The first-order valence-electron chi connectivity index (χ1n) is 10.5. The van der Waals surface area contributed by atoms with Gasteiger partial charge >= 0.3 is 21.1 Å². The first-order valence-corrected chi connectivity index (χ1v) is 12.0. The summed E-state index contributed by atoms with van der Waals surface area (Å²) >= 11 is 0. The van der Waals surface area contributed by atoms with Crippen LogP contribution in [0.3, 0.4) is 0 Å². The zero-order valence-corrected chi connectivity index (χ0v) is 21.1. The van der Waals surface area contributed by atoms with Crippen LogP contribution in [-0.2, 0) is 31.2 Å². The van der Waals surface area contributed by atoms with Crippen molar-refractivity contribution in [1.29, 1.82) is 0 Å². The van der Waals surface area contributed by atoms with E-state index in [-0.39, 0.29) is 26.0 Å². The van der Waals surface area contributed by atoms with Crippen LogP contribution in [0.25, 0.3) is 57.5 Å². The molecule has 0 unspecified atom stereocenters. The van der Waals surface area contributed by atoms with E-state index >= 15 is 0 Å². The zero-order chi connectivity index (χ0) is 23.3. The molecule has 0 saturated carbocycles. The Labute approximate surface area is 215 Å². The van der Waals surface area contributed by atoms with Crippen molar-refractivity contribution in [3.8, 4) is 11.1 Å². The van der Waals surface area contributed by atoms with Crippen molar-refractivity contribution in [2.75, 3.05) is 0 Å². The normalized spacial score (nSPS) is 12.5. The second-order valence-corrected chi connectivity index (χ2v) is 9.41. The molecule has 1 radical (unpaired) electrons. The van der Waals surface area contributed by atoms with Crippen LogP contribution in [0.15, 0.2) is 71.6 Å². The maximum absolute atomic E-state index is 11.4. The topological polar surface area (TPSA) is 115 Å². The van der Waals surface area contributed by atoms with E-state index in [0.29, 0.717) is 0 Å². The van der Waals surface area contributed by atoms with Gasteiger partial charge in [-0.2, -0.15) is 0 Å².